The lowest BCUT2D eigenvalue weighted by Crippen LogP contribution is -2.37. The third-order valence-corrected chi connectivity index (χ3v) is 2.73. The largest absolute Gasteiger partial charge is 0.480 e. The van der Waals surface area contributed by atoms with Crippen LogP contribution in [-0.2, 0) is 14.6 Å². The van der Waals surface area contributed by atoms with E-state index in [0.29, 0.717) is 0 Å². The number of hydrogen-bond donors (Lipinski definition) is 2. The molecule has 0 aromatic rings. The van der Waals surface area contributed by atoms with E-state index in [1.165, 1.54) is 6.08 Å². The molecule has 12 heavy (non-hydrogen) atoms. The molecule has 0 aliphatic carbocycles. The van der Waals surface area contributed by atoms with Gasteiger partial charge in [-0.15, -0.1) is 6.58 Å². The van der Waals surface area contributed by atoms with Gasteiger partial charge in [-0.2, -0.15) is 0 Å². The first kappa shape index (κ1) is 11.1. The summed E-state index contributed by atoms with van der Waals surface area (Å²) in [6, 6.07) is -1.35. The number of rotatable bonds is 5. The number of nitrogens with two attached hydrogens (primary N) is 1. The maximum atomic E-state index is 10.9. The molecule has 0 saturated heterocycles. The van der Waals surface area contributed by atoms with Crippen LogP contribution < -0.4 is 5.73 Å². The van der Waals surface area contributed by atoms with Crippen molar-refractivity contribution in [2.45, 2.75) is 6.04 Å². The summed E-state index contributed by atoms with van der Waals surface area (Å²) in [4.78, 5) is 10.2. The van der Waals surface area contributed by atoms with Crippen LogP contribution in [0, 0.1) is 0 Å². The average Bonchev–Trinajstić information content (AvgIpc) is 1.85. The molecule has 6 heteroatoms. The zero-order valence-electron chi connectivity index (χ0n) is 6.43. The lowest BCUT2D eigenvalue weighted by Gasteiger charge is -2.04. The normalized spacial score (nSPS) is 13.8. The molecular weight excluding hydrogens is 182 g/mol. The monoisotopic (exact) mass is 193 g/mol. The lowest BCUT2D eigenvalue weighted by molar-refractivity contribution is -0.137. The Kier molecular flexibility index (Phi) is 3.91. The highest BCUT2D eigenvalue weighted by molar-refractivity contribution is 7.91. The Labute approximate surface area is 70.8 Å². The second kappa shape index (κ2) is 4.22. The smallest absolute Gasteiger partial charge is 0.321 e. The predicted molar refractivity (Wildman–Crippen MR) is 44.5 cm³/mol. The average molecular weight is 193 g/mol. The summed E-state index contributed by atoms with van der Waals surface area (Å²) in [5.74, 6) is -2.11. The van der Waals surface area contributed by atoms with Crippen molar-refractivity contribution >= 4 is 15.8 Å². The van der Waals surface area contributed by atoms with E-state index >= 15 is 0 Å². The fourth-order valence-corrected chi connectivity index (χ4v) is 1.78. The van der Waals surface area contributed by atoms with E-state index < -0.39 is 27.6 Å². The van der Waals surface area contributed by atoms with E-state index in [4.69, 9.17) is 10.8 Å². The number of carboxylic acids is 1. The van der Waals surface area contributed by atoms with Crippen molar-refractivity contribution in [2.24, 2.45) is 5.73 Å². The van der Waals surface area contributed by atoms with E-state index in [2.05, 4.69) is 6.58 Å². The van der Waals surface area contributed by atoms with Gasteiger partial charge >= 0.3 is 5.97 Å². The molecule has 0 aromatic carbocycles. The van der Waals surface area contributed by atoms with Gasteiger partial charge in [-0.25, -0.2) is 8.42 Å². The fourth-order valence-electron chi connectivity index (χ4n) is 0.592. The van der Waals surface area contributed by atoms with Crippen LogP contribution in [0.5, 0.6) is 0 Å². The van der Waals surface area contributed by atoms with E-state index in [1.54, 1.807) is 0 Å². The molecule has 0 heterocycles. The van der Waals surface area contributed by atoms with E-state index in [9.17, 15) is 13.2 Å². The Morgan fingerprint density at radius 3 is 2.50 bits per heavy atom. The van der Waals surface area contributed by atoms with Gasteiger partial charge in [0.1, 0.15) is 6.04 Å². The summed E-state index contributed by atoms with van der Waals surface area (Å²) < 4.78 is 21.9. The molecule has 0 bridgehead atoms. The van der Waals surface area contributed by atoms with Crippen LogP contribution in [-0.4, -0.2) is 37.0 Å². The van der Waals surface area contributed by atoms with Crippen molar-refractivity contribution in [3.8, 4) is 0 Å². The molecule has 70 valence electrons. The highest BCUT2D eigenvalue weighted by Crippen LogP contribution is 1.93. The van der Waals surface area contributed by atoms with Crippen LogP contribution >= 0.6 is 0 Å². The topological polar surface area (TPSA) is 97.5 Å². The number of hydrogen-bond acceptors (Lipinski definition) is 4. The molecule has 0 fully saturated rings. The van der Waals surface area contributed by atoms with E-state index in [1.807, 2.05) is 0 Å². The van der Waals surface area contributed by atoms with Gasteiger partial charge in [0.25, 0.3) is 0 Å². The SMILES string of the molecule is C=CCS(=O)(=O)C[C@H](N)C(=O)O. The van der Waals surface area contributed by atoms with Crippen molar-refractivity contribution < 1.29 is 18.3 Å². The first-order valence-electron chi connectivity index (χ1n) is 3.19. The quantitative estimate of drug-likeness (QED) is 0.546. The van der Waals surface area contributed by atoms with Gasteiger partial charge in [-0.05, 0) is 0 Å². The zero-order chi connectivity index (χ0) is 9.78. The minimum atomic E-state index is -3.40. The van der Waals surface area contributed by atoms with Crippen molar-refractivity contribution in [1.82, 2.24) is 0 Å². The summed E-state index contributed by atoms with van der Waals surface area (Å²) in [7, 11) is -3.40. The van der Waals surface area contributed by atoms with Gasteiger partial charge in [0.15, 0.2) is 9.84 Å². The summed E-state index contributed by atoms with van der Waals surface area (Å²) in [6.07, 6.45) is 1.20. The number of carbonyl (C=O) groups is 1. The van der Waals surface area contributed by atoms with E-state index in [0.717, 1.165) is 0 Å². The molecule has 0 aromatic heterocycles. The second-order valence-electron chi connectivity index (χ2n) is 2.31. The Bertz CT molecular complexity index is 269. The van der Waals surface area contributed by atoms with Gasteiger partial charge in [0.2, 0.25) is 0 Å². The van der Waals surface area contributed by atoms with Crippen LogP contribution in [0.4, 0.5) is 0 Å². The molecule has 0 spiro atoms. The maximum Gasteiger partial charge on any atom is 0.321 e. The van der Waals surface area contributed by atoms with Crippen LogP contribution in [0.1, 0.15) is 0 Å². The molecular formula is C6H11NO4S. The number of aliphatic carboxylic acids is 1. The van der Waals surface area contributed by atoms with Gasteiger partial charge in [0, 0.05) is 0 Å². The molecule has 0 radical (unpaired) electrons. The first-order valence-corrected chi connectivity index (χ1v) is 5.01. The molecule has 3 N–H and O–H groups in total. The zero-order valence-corrected chi connectivity index (χ0v) is 7.25. The summed E-state index contributed by atoms with van der Waals surface area (Å²) in [5, 5.41) is 8.30. The van der Waals surface area contributed by atoms with Crippen LogP contribution in [0.2, 0.25) is 0 Å². The van der Waals surface area contributed by atoms with Crippen LogP contribution in [0.15, 0.2) is 12.7 Å². The van der Waals surface area contributed by atoms with Gasteiger partial charge in [-0.3, -0.25) is 4.79 Å². The number of sulfone groups is 1. The third-order valence-electron chi connectivity index (χ3n) is 1.12. The van der Waals surface area contributed by atoms with Crippen molar-refractivity contribution in [3.05, 3.63) is 12.7 Å². The summed E-state index contributed by atoms with van der Waals surface area (Å²) >= 11 is 0. The highest BCUT2D eigenvalue weighted by atomic mass is 32.2. The van der Waals surface area contributed by atoms with Crippen molar-refractivity contribution in [3.63, 3.8) is 0 Å². The van der Waals surface area contributed by atoms with Gasteiger partial charge in [-0.1, -0.05) is 6.08 Å². The lowest BCUT2D eigenvalue weighted by atomic mass is 10.4. The van der Waals surface area contributed by atoms with Gasteiger partial charge in [0.05, 0.1) is 11.5 Å². The molecule has 5 nitrogen and oxygen atoms in total. The summed E-state index contributed by atoms with van der Waals surface area (Å²) in [6.45, 7) is 3.23. The Morgan fingerprint density at radius 1 is 1.67 bits per heavy atom. The molecule has 0 rings (SSSR count). The molecule has 0 saturated carbocycles. The minimum Gasteiger partial charge on any atom is -0.480 e. The summed E-state index contributed by atoms with van der Waals surface area (Å²) in [5.41, 5.74) is 5.02. The molecule has 0 aliphatic heterocycles. The van der Waals surface area contributed by atoms with Crippen molar-refractivity contribution in [1.29, 1.82) is 0 Å². The maximum absolute atomic E-state index is 10.9. The first-order chi connectivity index (χ1) is 5.39. The highest BCUT2D eigenvalue weighted by Gasteiger charge is 2.19. The minimum absolute atomic E-state index is 0.242. The fraction of sp³-hybridized carbons (Fsp3) is 0.500. The van der Waals surface area contributed by atoms with Crippen LogP contribution in [0.25, 0.3) is 0 Å². The van der Waals surface area contributed by atoms with E-state index in [-0.39, 0.29) is 5.75 Å². The van der Waals surface area contributed by atoms with Gasteiger partial charge < -0.3 is 10.8 Å². The Hall–Kier alpha value is -0.880. The Balaban J connectivity index is 4.25. The third kappa shape index (κ3) is 4.09. The molecule has 0 unspecified atom stereocenters. The molecule has 0 amide bonds. The predicted octanol–water partition coefficient (Wildman–Crippen LogP) is -1.00. The standard InChI is InChI=1S/C6H11NO4S/c1-2-3-12(10,11)4-5(7)6(8)9/h2,5H,1,3-4,7H2,(H,8,9)/t5-/m0/s1. The molecule has 0 aliphatic rings. The van der Waals surface area contributed by atoms with Crippen molar-refractivity contribution in [2.75, 3.05) is 11.5 Å². The molecule has 1 atom stereocenters. The Morgan fingerprint density at radius 2 is 2.17 bits per heavy atom. The number of carboxylic acid groups (broad SMARTS) is 1. The second-order valence-corrected chi connectivity index (χ2v) is 4.46. The van der Waals surface area contributed by atoms with Crippen LogP contribution in [0.3, 0.4) is 0 Å².